The lowest BCUT2D eigenvalue weighted by molar-refractivity contribution is 0.673. The Morgan fingerprint density at radius 2 is 0.692 bits per heavy atom. The van der Waals surface area contributed by atoms with Crippen LogP contribution in [0, 0.1) is 0 Å². The molecule has 3 heterocycles. The van der Waals surface area contributed by atoms with Gasteiger partial charge in [-0.05, 0) is 64.0 Å². The Morgan fingerprint density at radius 1 is 0.246 bits per heavy atom. The number of aromatic nitrogens is 5. The molecule has 0 amide bonds. The molecular formula is C59H37N5O. The summed E-state index contributed by atoms with van der Waals surface area (Å²) in [6.07, 6.45) is 0. The molecule has 0 atom stereocenters. The quantitative estimate of drug-likeness (QED) is 0.152. The van der Waals surface area contributed by atoms with E-state index in [2.05, 4.69) is 158 Å². The molecule has 0 aliphatic heterocycles. The maximum Gasteiger partial charge on any atom is 0.164 e. The first-order valence-electron chi connectivity index (χ1n) is 21.6. The van der Waals surface area contributed by atoms with Gasteiger partial charge in [0.1, 0.15) is 11.2 Å². The summed E-state index contributed by atoms with van der Waals surface area (Å²) in [4.78, 5) is 25.5. The summed E-state index contributed by atoms with van der Waals surface area (Å²) in [6, 6.07) is 77.0. The van der Waals surface area contributed by atoms with Crippen molar-refractivity contribution in [3.05, 3.63) is 224 Å². The Balaban J connectivity index is 0.926. The maximum atomic E-state index is 6.56. The first-order chi connectivity index (χ1) is 32.2. The van der Waals surface area contributed by atoms with E-state index in [1.807, 2.05) is 66.7 Å². The summed E-state index contributed by atoms with van der Waals surface area (Å²) in [5.41, 5.74) is 13.3. The van der Waals surface area contributed by atoms with E-state index < -0.39 is 0 Å². The number of rotatable bonds is 8. The fraction of sp³-hybridized carbons (Fsp3) is 0. The van der Waals surface area contributed by atoms with Crippen molar-refractivity contribution in [2.24, 2.45) is 0 Å². The van der Waals surface area contributed by atoms with Crippen LogP contribution in [0.5, 0.6) is 0 Å². The van der Waals surface area contributed by atoms with Gasteiger partial charge >= 0.3 is 0 Å². The van der Waals surface area contributed by atoms with Crippen molar-refractivity contribution in [1.29, 1.82) is 0 Å². The summed E-state index contributed by atoms with van der Waals surface area (Å²) in [6.45, 7) is 0. The molecule has 0 aliphatic carbocycles. The van der Waals surface area contributed by atoms with Gasteiger partial charge in [-0.25, -0.2) is 24.9 Å². The Bertz CT molecular complexity index is 3700. The van der Waals surface area contributed by atoms with Gasteiger partial charge in [-0.15, -0.1) is 0 Å². The summed E-state index contributed by atoms with van der Waals surface area (Å²) in [5.74, 6) is 2.41. The Hall–Kier alpha value is -8.87. The Labute approximate surface area is 375 Å². The third-order valence-corrected chi connectivity index (χ3v) is 11.9. The van der Waals surface area contributed by atoms with E-state index in [1.165, 1.54) is 5.56 Å². The van der Waals surface area contributed by atoms with Crippen LogP contribution in [0.4, 0.5) is 0 Å². The first kappa shape index (κ1) is 37.9. The van der Waals surface area contributed by atoms with Crippen LogP contribution in [-0.2, 0) is 0 Å². The normalized spacial score (nSPS) is 11.4. The second-order valence-electron chi connectivity index (χ2n) is 16.1. The molecule has 65 heavy (non-hydrogen) atoms. The molecule has 3 aromatic heterocycles. The van der Waals surface area contributed by atoms with Crippen LogP contribution in [0.1, 0.15) is 0 Å². The lowest BCUT2D eigenvalue weighted by Gasteiger charge is -2.12. The van der Waals surface area contributed by atoms with Gasteiger partial charge < -0.3 is 4.42 Å². The topological polar surface area (TPSA) is 77.6 Å². The molecule has 12 aromatic rings. The van der Waals surface area contributed by atoms with Gasteiger partial charge in [-0.1, -0.05) is 188 Å². The standard InChI is InChI=1S/C59H37N5O/c1-4-14-38(15-5-1)39-26-28-41(29-27-39)52-37-53(61-56(60-52)42-17-6-2-7-18-42)46-23-12-21-44(34-46)45-22-13-24-47(35-45)58-62-57(43-19-8-3-9-20-43)63-59(64-58)48-31-32-50-51-33-30-40-16-10-11-25-49(40)55(51)65-54(50)36-48/h1-37H. The van der Waals surface area contributed by atoms with Crippen LogP contribution in [-0.4, -0.2) is 24.9 Å². The molecule has 0 N–H and O–H groups in total. The molecule has 0 aliphatic rings. The highest BCUT2D eigenvalue weighted by molar-refractivity contribution is 6.15. The summed E-state index contributed by atoms with van der Waals surface area (Å²) in [7, 11) is 0. The molecule has 6 nitrogen and oxygen atoms in total. The van der Waals surface area contributed by atoms with E-state index in [1.54, 1.807) is 0 Å². The van der Waals surface area contributed by atoms with Gasteiger partial charge in [-0.2, -0.15) is 0 Å². The highest BCUT2D eigenvalue weighted by atomic mass is 16.3. The Kier molecular flexibility index (Phi) is 9.38. The molecule has 0 fully saturated rings. The monoisotopic (exact) mass is 831 g/mol. The van der Waals surface area contributed by atoms with Crippen molar-refractivity contribution in [2.45, 2.75) is 0 Å². The molecule has 0 saturated carbocycles. The van der Waals surface area contributed by atoms with Gasteiger partial charge in [0, 0.05) is 49.5 Å². The van der Waals surface area contributed by atoms with Crippen molar-refractivity contribution in [3.63, 3.8) is 0 Å². The van der Waals surface area contributed by atoms with Crippen molar-refractivity contribution < 1.29 is 4.42 Å². The number of hydrogen-bond acceptors (Lipinski definition) is 6. The van der Waals surface area contributed by atoms with Crippen molar-refractivity contribution in [2.75, 3.05) is 0 Å². The zero-order valence-electron chi connectivity index (χ0n) is 35.0. The molecule has 0 radical (unpaired) electrons. The van der Waals surface area contributed by atoms with Gasteiger partial charge in [-0.3, -0.25) is 0 Å². The summed E-state index contributed by atoms with van der Waals surface area (Å²) in [5, 5.41) is 4.36. The molecule has 0 bridgehead atoms. The molecule has 12 rings (SSSR count). The minimum Gasteiger partial charge on any atom is -0.455 e. The van der Waals surface area contributed by atoms with Crippen LogP contribution in [0.3, 0.4) is 0 Å². The lowest BCUT2D eigenvalue weighted by Crippen LogP contribution is -2.00. The minimum atomic E-state index is 0.567. The van der Waals surface area contributed by atoms with E-state index in [9.17, 15) is 0 Å². The number of benzene rings is 9. The number of nitrogens with zero attached hydrogens (tertiary/aromatic N) is 5. The van der Waals surface area contributed by atoms with E-state index in [4.69, 9.17) is 29.3 Å². The fourth-order valence-corrected chi connectivity index (χ4v) is 8.61. The largest absolute Gasteiger partial charge is 0.455 e. The van der Waals surface area contributed by atoms with Crippen LogP contribution in [0.15, 0.2) is 229 Å². The van der Waals surface area contributed by atoms with Crippen LogP contribution in [0.25, 0.3) is 123 Å². The third kappa shape index (κ3) is 7.29. The minimum absolute atomic E-state index is 0.567. The third-order valence-electron chi connectivity index (χ3n) is 11.9. The van der Waals surface area contributed by atoms with E-state index in [0.717, 1.165) is 94.2 Å². The van der Waals surface area contributed by atoms with Gasteiger partial charge in [0.05, 0.1) is 11.4 Å². The highest BCUT2D eigenvalue weighted by Gasteiger charge is 2.17. The van der Waals surface area contributed by atoms with Crippen molar-refractivity contribution >= 4 is 32.7 Å². The second kappa shape index (κ2) is 16.1. The molecule has 6 heteroatoms. The zero-order valence-corrected chi connectivity index (χ0v) is 35.0. The first-order valence-corrected chi connectivity index (χ1v) is 21.6. The van der Waals surface area contributed by atoms with Crippen LogP contribution >= 0.6 is 0 Å². The molecule has 0 saturated heterocycles. The number of fused-ring (bicyclic) bond motifs is 5. The molecule has 304 valence electrons. The van der Waals surface area contributed by atoms with Crippen LogP contribution < -0.4 is 0 Å². The predicted molar refractivity (Wildman–Crippen MR) is 264 cm³/mol. The van der Waals surface area contributed by atoms with E-state index in [0.29, 0.717) is 23.3 Å². The van der Waals surface area contributed by atoms with Crippen molar-refractivity contribution in [1.82, 2.24) is 24.9 Å². The molecule has 0 unspecified atom stereocenters. The van der Waals surface area contributed by atoms with Gasteiger partial charge in [0.2, 0.25) is 0 Å². The summed E-state index contributed by atoms with van der Waals surface area (Å²) >= 11 is 0. The lowest BCUT2D eigenvalue weighted by atomic mass is 9.98. The smallest absolute Gasteiger partial charge is 0.164 e. The van der Waals surface area contributed by atoms with Crippen molar-refractivity contribution in [3.8, 4) is 90.3 Å². The summed E-state index contributed by atoms with van der Waals surface area (Å²) < 4.78 is 6.56. The SMILES string of the molecule is c1ccc(-c2ccc(-c3cc(-c4cccc(-c5cccc(-c6nc(-c7ccccc7)nc(-c7ccc8c(c7)oc7c9ccccc9ccc87)n6)c5)c4)nc(-c4ccccc4)n3)cc2)cc1. The van der Waals surface area contributed by atoms with E-state index in [-0.39, 0.29) is 0 Å². The predicted octanol–water partition coefficient (Wildman–Crippen LogP) is 15.1. The average Bonchev–Trinajstić information content (AvgIpc) is 3.78. The van der Waals surface area contributed by atoms with Gasteiger partial charge in [0.25, 0.3) is 0 Å². The highest BCUT2D eigenvalue weighted by Crippen LogP contribution is 2.37. The van der Waals surface area contributed by atoms with Gasteiger partial charge in [0.15, 0.2) is 23.3 Å². The van der Waals surface area contributed by atoms with Crippen LogP contribution in [0.2, 0.25) is 0 Å². The number of furan rings is 1. The zero-order chi connectivity index (χ0) is 43.1. The molecule has 0 spiro atoms. The average molecular weight is 832 g/mol. The number of hydrogen-bond donors (Lipinski definition) is 0. The molecular weight excluding hydrogens is 795 g/mol. The second-order valence-corrected chi connectivity index (χ2v) is 16.1. The van der Waals surface area contributed by atoms with E-state index >= 15 is 0 Å². The fourth-order valence-electron chi connectivity index (χ4n) is 8.61. The molecule has 9 aromatic carbocycles. The maximum absolute atomic E-state index is 6.56. The Morgan fingerprint density at radius 3 is 1.37 bits per heavy atom.